The molecule has 110 valence electrons. The average molecular weight is 299 g/mol. The van der Waals surface area contributed by atoms with Gasteiger partial charge < -0.3 is 10.1 Å². The number of methoxy groups -OCH3 is 1. The quantitative estimate of drug-likeness (QED) is 0.907. The standard InChI is InChI=1S/C18H21NOS/c1-13(14-7-5-8-16(10-14)20-2)19-18-12-21-11-15-6-3-4-9-17(15)18/h3-10,13,18-19H,11-12H2,1-2H3/t13-,18?/m1/s1. The fourth-order valence-electron chi connectivity index (χ4n) is 2.83. The summed E-state index contributed by atoms with van der Waals surface area (Å²) in [7, 11) is 1.71. The molecule has 0 amide bonds. The highest BCUT2D eigenvalue weighted by atomic mass is 32.2. The van der Waals surface area contributed by atoms with E-state index in [0.717, 1.165) is 17.3 Å². The van der Waals surface area contributed by atoms with Gasteiger partial charge in [0.2, 0.25) is 0 Å². The monoisotopic (exact) mass is 299 g/mol. The van der Waals surface area contributed by atoms with Crippen molar-refractivity contribution >= 4 is 11.8 Å². The molecule has 0 bridgehead atoms. The molecule has 1 unspecified atom stereocenters. The molecule has 0 saturated heterocycles. The number of thioether (sulfide) groups is 1. The minimum atomic E-state index is 0.303. The number of fused-ring (bicyclic) bond motifs is 1. The first kappa shape index (κ1) is 14.5. The Bertz CT molecular complexity index is 614. The second kappa shape index (κ2) is 6.54. The van der Waals surface area contributed by atoms with Crippen LogP contribution in [0.4, 0.5) is 0 Å². The molecular formula is C18H21NOS. The minimum absolute atomic E-state index is 0.303. The summed E-state index contributed by atoms with van der Waals surface area (Å²) in [4.78, 5) is 0. The Labute approximate surface area is 130 Å². The molecule has 1 aliphatic heterocycles. The van der Waals surface area contributed by atoms with Crippen molar-refractivity contribution in [2.24, 2.45) is 0 Å². The number of nitrogens with one attached hydrogen (secondary N) is 1. The van der Waals surface area contributed by atoms with Gasteiger partial charge in [-0.15, -0.1) is 0 Å². The maximum atomic E-state index is 5.32. The van der Waals surface area contributed by atoms with Crippen LogP contribution in [0, 0.1) is 0 Å². The van der Waals surface area contributed by atoms with Crippen LogP contribution in [0.2, 0.25) is 0 Å². The highest BCUT2D eigenvalue weighted by Gasteiger charge is 2.21. The van der Waals surface area contributed by atoms with Crippen molar-refractivity contribution in [3.05, 3.63) is 65.2 Å². The molecule has 2 nitrogen and oxygen atoms in total. The van der Waals surface area contributed by atoms with E-state index >= 15 is 0 Å². The lowest BCUT2D eigenvalue weighted by molar-refractivity contribution is 0.412. The van der Waals surface area contributed by atoms with Crippen molar-refractivity contribution in [3.8, 4) is 5.75 Å². The Morgan fingerprint density at radius 3 is 2.90 bits per heavy atom. The predicted molar refractivity (Wildman–Crippen MR) is 89.9 cm³/mol. The van der Waals surface area contributed by atoms with Crippen LogP contribution >= 0.6 is 11.8 Å². The Balaban J connectivity index is 1.77. The second-order valence-corrected chi connectivity index (χ2v) is 6.46. The van der Waals surface area contributed by atoms with E-state index in [0.29, 0.717) is 12.1 Å². The summed E-state index contributed by atoms with van der Waals surface area (Å²) in [6, 6.07) is 17.8. The molecule has 1 heterocycles. The highest BCUT2D eigenvalue weighted by molar-refractivity contribution is 7.98. The largest absolute Gasteiger partial charge is 0.497 e. The molecule has 3 rings (SSSR count). The molecule has 21 heavy (non-hydrogen) atoms. The number of ether oxygens (including phenoxy) is 1. The second-order valence-electron chi connectivity index (χ2n) is 5.43. The molecule has 0 aliphatic carbocycles. The number of hydrogen-bond acceptors (Lipinski definition) is 3. The van der Waals surface area contributed by atoms with Gasteiger partial charge in [0.15, 0.2) is 0 Å². The molecule has 2 aromatic rings. The first-order chi connectivity index (χ1) is 10.3. The van der Waals surface area contributed by atoms with Gasteiger partial charge in [-0.25, -0.2) is 0 Å². The van der Waals surface area contributed by atoms with Gasteiger partial charge in [-0.3, -0.25) is 0 Å². The third kappa shape index (κ3) is 3.25. The first-order valence-electron chi connectivity index (χ1n) is 7.33. The van der Waals surface area contributed by atoms with Gasteiger partial charge in [0, 0.05) is 23.6 Å². The summed E-state index contributed by atoms with van der Waals surface area (Å²) in [5, 5.41) is 3.77. The lowest BCUT2D eigenvalue weighted by Gasteiger charge is -2.29. The topological polar surface area (TPSA) is 21.3 Å². The van der Waals surface area contributed by atoms with Crippen molar-refractivity contribution < 1.29 is 4.74 Å². The van der Waals surface area contributed by atoms with Crippen molar-refractivity contribution in [2.45, 2.75) is 24.8 Å². The van der Waals surface area contributed by atoms with E-state index in [2.05, 4.69) is 54.7 Å². The number of hydrogen-bond donors (Lipinski definition) is 1. The summed E-state index contributed by atoms with van der Waals surface area (Å²) < 4.78 is 5.32. The Morgan fingerprint density at radius 1 is 1.19 bits per heavy atom. The van der Waals surface area contributed by atoms with Gasteiger partial charge in [0.25, 0.3) is 0 Å². The molecule has 0 spiro atoms. The molecule has 1 aliphatic rings. The minimum Gasteiger partial charge on any atom is -0.497 e. The van der Waals surface area contributed by atoms with Gasteiger partial charge in [-0.1, -0.05) is 36.4 Å². The van der Waals surface area contributed by atoms with Crippen molar-refractivity contribution in [2.75, 3.05) is 12.9 Å². The van der Waals surface area contributed by atoms with Crippen molar-refractivity contribution in [1.29, 1.82) is 0 Å². The Morgan fingerprint density at radius 2 is 2.05 bits per heavy atom. The predicted octanol–water partition coefficient (Wildman–Crippen LogP) is 4.33. The SMILES string of the molecule is COc1cccc([C@@H](C)NC2CSCc3ccccc32)c1. The van der Waals surface area contributed by atoms with E-state index in [9.17, 15) is 0 Å². The molecule has 3 heteroatoms. The van der Waals surface area contributed by atoms with Crippen LogP contribution in [0.25, 0.3) is 0 Å². The maximum absolute atomic E-state index is 5.32. The summed E-state index contributed by atoms with van der Waals surface area (Å²) in [6.07, 6.45) is 0. The molecule has 0 radical (unpaired) electrons. The lowest BCUT2D eigenvalue weighted by atomic mass is 10.00. The van der Waals surface area contributed by atoms with Crippen molar-refractivity contribution in [1.82, 2.24) is 5.32 Å². The van der Waals surface area contributed by atoms with Crippen LogP contribution in [0.3, 0.4) is 0 Å². The van der Waals surface area contributed by atoms with Crippen molar-refractivity contribution in [3.63, 3.8) is 0 Å². The van der Waals surface area contributed by atoms with Gasteiger partial charge in [0.05, 0.1) is 7.11 Å². The normalized spacial score (nSPS) is 18.9. The molecule has 1 N–H and O–H groups in total. The van der Waals surface area contributed by atoms with Crippen LogP contribution < -0.4 is 10.1 Å². The summed E-state index contributed by atoms with van der Waals surface area (Å²) in [5.41, 5.74) is 4.18. The summed E-state index contributed by atoms with van der Waals surface area (Å²) in [6.45, 7) is 2.22. The number of benzene rings is 2. The Hall–Kier alpha value is -1.45. The maximum Gasteiger partial charge on any atom is 0.119 e. The zero-order valence-corrected chi connectivity index (χ0v) is 13.3. The van der Waals surface area contributed by atoms with Crippen LogP contribution in [0.15, 0.2) is 48.5 Å². The van der Waals surface area contributed by atoms with E-state index < -0.39 is 0 Å². The molecule has 2 atom stereocenters. The van der Waals surface area contributed by atoms with E-state index in [4.69, 9.17) is 4.74 Å². The zero-order valence-electron chi connectivity index (χ0n) is 12.5. The molecular weight excluding hydrogens is 278 g/mol. The third-order valence-electron chi connectivity index (χ3n) is 4.02. The highest BCUT2D eigenvalue weighted by Crippen LogP contribution is 2.33. The van der Waals surface area contributed by atoms with E-state index in [-0.39, 0.29) is 0 Å². The third-order valence-corrected chi connectivity index (χ3v) is 5.10. The fourth-order valence-corrected chi connectivity index (χ4v) is 3.94. The molecule has 0 fully saturated rings. The van der Waals surface area contributed by atoms with Gasteiger partial charge in [0.1, 0.15) is 5.75 Å². The van der Waals surface area contributed by atoms with Gasteiger partial charge in [-0.05, 0) is 35.7 Å². The fraction of sp³-hybridized carbons (Fsp3) is 0.333. The zero-order chi connectivity index (χ0) is 14.7. The van der Waals surface area contributed by atoms with Gasteiger partial charge in [-0.2, -0.15) is 11.8 Å². The average Bonchev–Trinajstić information content (AvgIpc) is 2.55. The summed E-state index contributed by atoms with van der Waals surface area (Å²) in [5.74, 6) is 3.17. The van der Waals surface area contributed by atoms with E-state index in [1.54, 1.807) is 7.11 Å². The van der Waals surface area contributed by atoms with E-state index in [1.165, 1.54) is 16.7 Å². The van der Waals surface area contributed by atoms with Crippen LogP contribution in [-0.4, -0.2) is 12.9 Å². The van der Waals surface area contributed by atoms with E-state index in [1.807, 2.05) is 17.8 Å². The van der Waals surface area contributed by atoms with Gasteiger partial charge >= 0.3 is 0 Å². The molecule has 0 saturated carbocycles. The molecule has 2 aromatic carbocycles. The molecule has 0 aromatic heterocycles. The Kier molecular flexibility index (Phi) is 4.51. The van der Waals surface area contributed by atoms with Crippen LogP contribution in [0.1, 0.15) is 35.7 Å². The number of rotatable bonds is 4. The first-order valence-corrected chi connectivity index (χ1v) is 8.49. The van der Waals surface area contributed by atoms with Crippen LogP contribution in [0.5, 0.6) is 5.75 Å². The summed E-state index contributed by atoms with van der Waals surface area (Å²) >= 11 is 2.00. The lowest BCUT2D eigenvalue weighted by Crippen LogP contribution is -2.29. The van der Waals surface area contributed by atoms with Crippen LogP contribution in [-0.2, 0) is 5.75 Å². The smallest absolute Gasteiger partial charge is 0.119 e.